The highest BCUT2D eigenvalue weighted by Crippen LogP contribution is 2.27. The molecule has 0 aliphatic carbocycles. The van der Waals surface area contributed by atoms with Gasteiger partial charge in [0.05, 0.1) is 42.9 Å². The molecular formula is C49H66N8O5. The van der Waals surface area contributed by atoms with Crippen LogP contribution in [0.3, 0.4) is 0 Å². The zero-order chi connectivity index (χ0) is 44.4. The normalized spacial score (nSPS) is 16.2. The molecule has 0 spiro atoms. The van der Waals surface area contributed by atoms with Crippen molar-refractivity contribution >= 4 is 17.7 Å². The summed E-state index contributed by atoms with van der Waals surface area (Å²) in [7, 11) is 1.87. The Hall–Kier alpha value is -5.29. The van der Waals surface area contributed by atoms with Crippen molar-refractivity contribution in [2.45, 2.75) is 99.3 Å². The lowest BCUT2D eigenvalue weighted by Crippen LogP contribution is -2.54. The molecule has 2 aromatic carbocycles. The lowest BCUT2D eigenvalue weighted by atomic mass is 9.89. The number of amides is 3. The molecule has 0 bridgehead atoms. The van der Waals surface area contributed by atoms with Crippen molar-refractivity contribution in [2.75, 3.05) is 46.6 Å². The molecule has 6 rings (SSSR count). The maximum Gasteiger partial charge on any atom is 0.245 e. The van der Waals surface area contributed by atoms with Crippen molar-refractivity contribution in [3.63, 3.8) is 0 Å². The molecule has 0 saturated carbocycles. The largest absolute Gasteiger partial charge is 0.381 e. The summed E-state index contributed by atoms with van der Waals surface area (Å²) < 4.78 is 11.1. The zero-order valence-corrected chi connectivity index (χ0v) is 37.9. The highest BCUT2D eigenvalue weighted by atomic mass is 16.5. The van der Waals surface area contributed by atoms with Crippen LogP contribution < -0.4 is 10.6 Å². The first-order valence-electron chi connectivity index (χ1n) is 22.0. The van der Waals surface area contributed by atoms with Crippen LogP contribution in [0, 0.1) is 34.5 Å². The molecule has 4 N–H and O–H groups in total. The van der Waals surface area contributed by atoms with Gasteiger partial charge in [0.15, 0.2) is 0 Å². The second-order valence-corrected chi connectivity index (χ2v) is 19.2. The van der Waals surface area contributed by atoms with E-state index >= 15 is 0 Å². The van der Waals surface area contributed by atoms with Gasteiger partial charge in [0.2, 0.25) is 17.7 Å². The average Bonchev–Trinajstić information content (AvgIpc) is 3.92. The molecule has 13 nitrogen and oxygen atoms in total. The number of H-pyrrole nitrogens is 2. The molecule has 2 atom stereocenters. The van der Waals surface area contributed by atoms with Gasteiger partial charge in [0.1, 0.15) is 17.7 Å². The quantitative estimate of drug-likeness (QED) is 0.104. The van der Waals surface area contributed by atoms with Crippen molar-refractivity contribution < 1.29 is 23.9 Å². The number of hydrogen-bond acceptors (Lipinski definition) is 8. The molecule has 332 valence electrons. The molecule has 13 heteroatoms. The van der Waals surface area contributed by atoms with E-state index in [1.165, 1.54) is 6.92 Å². The number of hydrogen-bond donors (Lipinski definition) is 4. The van der Waals surface area contributed by atoms with Gasteiger partial charge in [-0.25, -0.2) is 9.97 Å². The molecule has 4 heterocycles. The molecular weight excluding hydrogens is 781 g/mol. The minimum Gasteiger partial charge on any atom is -0.381 e. The lowest BCUT2D eigenvalue weighted by Gasteiger charge is -2.36. The Kier molecular flexibility index (Phi) is 15.4. The number of aromatic amines is 2. The number of imidazole rings is 2. The summed E-state index contributed by atoms with van der Waals surface area (Å²) in [5.74, 6) is 8.03. The molecule has 0 radical (unpaired) electrons. The first kappa shape index (κ1) is 46.2. The average molecular weight is 847 g/mol. The van der Waals surface area contributed by atoms with Crippen molar-refractivity contribution in [1.29, 1.82) is 0 Å². The summed E-state index contributed by atoms with van der Waals surface area (Å²) >= 11 is 0. The number of likely N-dealkylation sites (N-methyl/N-ethyl adjacent to an activating group) is 1. The van der Waals surface area contributed by atoms with Crippen molar-refractivity contribution in [3.8, 4) is 34.4 Å². The second-order valence-electron chi connectivity index (χ2n) is 19.2. The third kappa shape index (κ3) is 13.1. The van der Waals surface area contributed by atoms with Gasteiger partial charge >= 0.3 is 0 Å². The van der Waals surface area contributed by atoms with Gasteiger partial charge in [-0.3, -0.25) is 14.4 Å². The second kappa shape index (κ2) is 20.7. The first-order chi connectivity index (χ1) is 29.5. The van der Waals surface area contributed by atoms with Crippen LogP contribution in [0.2, 0.25) is 0 Å². The Morgan fingerprint density at radius 1 is 0.677 bits per heavy atom. The summed E-state index contributed by atoms with van der Waals surface area (Å²) in [5.41, 5.74) is 5.19. The maximum absolute atomic E-state index is 14.1. The fraction of sp³-hybridized carbons (Fsp3) is 0.531. The number of nitrogens with zero attached hydrogens (tertiary/aromatic N) is 4. The van der Waals surface area contributed by atoms with E-state index in [1.54, 1.807) is 6.20 Å². The van der Waals surface area contributed by atoms with E-state index < -0.39 is 6.04 Å². The molecule has 4 aromatic rings. The van der Waals surface area contributed by atoms with Gasteiger partial charge in [-0.05, 0) is 90.8 Å². The van der Waals surface area contributed by atoms with Crippen LogP contribution >= 0.6 is 0 Å². The summed E-state index contributed by atoms with van der Waals surface area (Å²) in [4.78, 5) is 60.1. The molecule has 2 unspecified atom stereocenters. The van der Waals surface area contributed by atoms with Crippen molar-refractivity contribution in [3.05, 3.63) is 83.7 Å². The monoisotopic (exact) mass is 847 g/mol. The van der Waals surface area contributed by atoms with E-state index in [4.69, 9.17) is 9.47 Å². The smallest absolute Gasteiger partial charge is 0.245 e. The summed E-state index contributed by atoms with van der Waals surface area (Å²) in [5, 5.41) is 6.25. The van der Waals surface area contributed by atoms with E-state index in [0.717, 1.165) is 65.1 Å². The lowest BCUT2D eigenvalue weighted by molar-refractivity contribution is -0.140. The van der Waals surface area contributed by atoms with Gasteiger partial charge in [-0.2, -0.15) is 0 Å². The standard InChI is InChI=1S/C49H66N8O5/c1-33(58)53-45(39-21-25-62-26-22-39)47(60)57(32-49(5,6)7)30-43-52-28-41(55-43)37-17-13-35(14-18-37)10-9-34-11-15-36(16-12-34)40-27-51-42(54-40)29-56(31-48(2,3)4)46(59)44(50-8)38-19-23-61-24-20-38/h11-18,27-28,38-39,44-45,50H,19-26,29-32H2,1-8H3,(H,51,54)(H,52,55)(H,53,58). The minimum absolute atomic E-state index is 0.0199. The Morgan fingerprint density at radius 2 is 1.06 bits per heavy atom. The third-order valence-corrected chi connectivity index (χ3v) is 11.3. The molecule has 2 aliphatic rings. The number of benzene rings is 2. The van der Waals surface area contributed by atoms with E-state index in [9.17, 15) is 14.4 Å². The van der Waals surface area contributed by atoms with E-state index in [1.807, 2.05) is 71.6 Å². The SMILES string of the molecule is CNC(C(=O)N(Cc1ncc(-c2ccc(C#Cc3ccc(-c4cnc(CN(CC(C)(C)C)C(=O)C(NC(C)=O)C5CCOCC5)[nH]4)cc3)cc2)[nH]1)CC(C)(C)C)C1CCOCC1. The minimum atomic E-state index is -0.608. The van der Waals surface area contributed by atoms with E-state index in [-0.39, 0.29) is 46.4 Å². The number of nitrogens with one attached hydrogen (secondary N) is 4. The Bertz CT molecular complexity index is 2160. The summed E-state index contributed by atoms with van der Waals surface area (Å²) in [6.07, 6.45) is 6.81. The predicted molar refractivity (Wildman–Crippen MR) is 241 cm³/mol. The van der Waals surface area contributed by atoms with Gasteiger partial charge in [-0.1, -0.05) is 77.6 Å². The van der Waals surface area contributed by atoms with Gasteiger partial charge in [-0.15, -0.1) is 0 Å². The van der Waals surface area contributed by atoms with Gasteiger partial charge in [0.25, 0.3) is 0 Å². The number of carbonyl (C=O) groups is 3. The Morgan fingerprint density at radius 3 is 1.44 bits per heavy atom. The molecule has 2 aromatic heterocycles. The van der Waals surface area contributed by atoms with Crippen LogP contribution in [-0.4, -0.2) is 106 Å². The first-order valence-corrected chi connectivity index (χ1v) is 22.0. The number of aromatic nitrogens is 4. The van der Waals surface area contributed by atoms with Crippen LogP contribution in [-0.2, 0) is 36.9 Å². The highest BCUT2D eigenvalue weighted by molar-refractivity contribution is 5.87. The molecule has 2 saturated heterocycles. The Balaban J connectivity index is 1.08. The number of rotatable bonds is 14. The van der Waals surface area contributed by atoms with Gasteiger partial charge in [0, 0.05) is 57.6 Å². The van der Waals surface area contributed by atoms with E-state index in [2.05, 4.69) is 84.0 Å². The third-order valence-electron chi connectivity index (χ3n) is 11.3. The highest BCUT2D eigenvalue weighted by Gasteiger charge is 2.36. The van der Waals surface area contributed by atoms with E-state index in [0.29, 0.717) is 58.4 Å². The topological polar surface area (TPSA) is 158 Å². The fourth-order valence-electron chi connectivity index (χ4n) is 8.37. The predicted octanol–water partition coefficient (Wildman–Crippen LogP) is 6.56. The van der Waals surface area contributed by atoms with Crippen LogP contribution in [0.25, 0.3) is 22.5 Å². The van der Waals surface area contributed by atoms with Crippen LogP contribution in [0.15, 0.2) is 60.9 Å². The Labute approximate surface area is 367 Å². The molecule has 2 aliphatic heterocycles. The maximum atomic E-state index is 14.1. The molecule has 2 fully saturated rings. The summed E-state index contributed by atoms with van der Waals surface area (Å²) in [6.45, 7) is 18.6. The number of ether oxygens (including phenoxy) is 2. The zero-order valence-electron chi connectivity index (χ0n) is 37.9. The summed E-state index contributed by atoms with van der Waals surface area (Å²) in [6, 6.07) is 15.2. The van der Waals surface area contributed by atoms with Crippen molar-refractivity contribution in [1.82, 2.24) is 40.4 Å². The number of carbonyl (C=O) groups excluding carboxylic acids is 3. The van der Waals surface area contributed by atoms with Crippen LogP contribution in [0.4, 0.5) is 0 Å². The fourth-order valence-corrected chi connectivity index (χ4v) is 8.37. The molecule has 62 heavy (non-hydrogen) atoms. The van der Waals surface area contributed by atoms with Gasteiger partial charge < -0.3 is 39.9 Å². The van der Waals surface area contributed by atoms with Crippen LogP contribution in [0.5, 0.6) is 0 Å². The van der Waals surface area contributed by atoms with Crippen LogP contribution in [0.1, 0.15) is 96.9 Å². The van der Waals surface area contributed by atoms with Crippen molar-refractivity contribution in [2.24, 2.45) is 22.7 Å². The molecule has 3 amide bonds.